The molecule has 0 aliphatic heterocycles. The lowest BCUT2D eigenvalue weighted by Crippen LogP contribution is -2.23. The van der Waals surface area contributed by atoms with Gasteiger partial charge in [0.05, 0.1) is 5.69 Å². The first-order chi connectivity index (χ1) is 9.21. The second-order valence-corrected chi connectivity index (χ2v) is 5.28. The maximum atomic E-state index is 9.40. The first-order valence-corrected chi connectivity index (χ1v) is 8.15. The first kappa shape index (κ1) is 15.8. The van der Waals surface area contributed by atoms with Gasteiger partial charge in [-0.2, -0.15) is 22.1 Å². The molecule has 1 rings (SSSR count). The Morgan fingerprint density at radius 3 is 2.47 bits per heavy atom. The van der Waals surface area contributed by atoms with Gasteiger partial charge in [-0.3, -0.25) is 0 Å². The quantitative estimate of drug-likeness (QED) is 0.830. The number of anilines is 1. The van der Waals surface area contributed by atoms with Crippen molar-refractivity contribution in [3.63, 3.8) is 0 Å². The highest BCUT2D eigenvalue weighted by molar-refractivity contribution is 7.98. The molecule has 0 aliphatic rings. The summed E-state index contributed by atoms with van der Waals surface area (Å²) in [4.78, 5) is 0. The highest BCUT2D eigenvalue weighted by Crippen LogP contribution is 2.21. The Labute approximate surface area is 120 Å². The first-order valence-electron chi connectivity index (χ1n) is 6.75. The average molecular weight is 278 g/mol. The van der Waals surface area contributed by atoms with Gasteiger partial charge in [-0.15, -0.1) is 5.10 Å². The van der Waals surface area contributed by atoms with Gasteiger partial charge in [-0.05, 0) is 31.1 Å². The zero-order valence-corrected chi connectivity index (χ0v) is 13.0. The van der Waals surface area contributed by atoms with Crippen LogP contribution in [0.15, 0.2) is 0 Å². The van der Waals surface area contributed by atoms with Crippen LogP contribution in [-0.2, 0) is 12.8 Å². The van der Waals surface area contributed by atoms with Crippen LogP contribution >= 0.6 is 11.8 Å². The Bertz CT molecular complexity index is 453. The molecule has 0 aromatic carbocycles. The molecular formula is C14H22N4S. The number of thioether (sulfide) groups is 1. The van der Waals surface area contributed by atoms with Gasteiger partial charge in [0.25, 0.3) is 0 Å². The third-order valence-corrected chi connectivity index (χ3v) is 3.90. The van der Waals surface area contributed by atoms with Gasteiger partial charge in [-0.25, -0.2) is 0 Å². The van der Waals surface area contributed by atoms with Crippen LogP contribution in [-0.4, -0.2) is 28.2 Å². The van der Waals surface area contributed by atoms with E-state index in [1.807, 2.05) is 6.92 Å². The minimum Gasteiger partial charge on any atom is -0.364 e. The monoisotopic (exact) mass is 278 g/mol. The van der Waals surface area contributed by atoms with Gasteiger partial charge >= 0.3 is 0 Å². The predicted molar refractivity (Wildman–Crippen MR) is 81.6 cm³/mol. The Morgan fingerprint density at radius 1 is 1.26 bits per heavy atom. The normalized spacial score (nSPS) is 11.9. The zero-order chi connectivity index (χ0) is 14.3. The van der Waals surface area contributed by atoms with Crippen molar-refractivity contribution in [1.82, 2.24) is 10.2 Å². The van der Waals surface area contributed by atoms with E-state index in [0.29, 0.717) is 17.4 Å². The Balaban J connectivity index is 3.11. The van der Waals surface area contributed by atoms with Crippen LogP contribution in [0, 0.1) is 11.3 Å². The van der Waals surface area contributed by atoms with Crippen LogP contribution in [0.2, 0.25) is 0 Å². The standard InChI is InChI=1S/C14H22N4S/c1-5-10(9-19-4)16-14-12(8-15)11(6-2)13(7-3)17-18-14/h10H,5-7,9H2,1-4H3,(H,16,18). The lowest BCUT2D eigenvalue weighted by atomic mass is 10.0. The number of aromatic nitrogens is 2. The van der Waals surface area contributed by atoms with Crippen molar-refractivity contribution in [3.8, 4) is 6.07 Å². The van der Waals surface area contributed by atoms with Crippen molar-refractivity contribution in [2.24, 2.45) is 0 Å². The van der Waals surface area contributed by atoms with E-state index < -0.39 is 0 Å². The number of hydrogen-bond acceptors (Lipinski definition) is 5. The lowest BCUT2D eigenvalue weighted by molar-refractivity contribution is 0.758. The van der Waals surface area contributed by atoms with E-state index in [9.17, 15) is 5.26 Å². The molecule has 5 heteroatoms. The summed E-state index contributed by atoms with van der Waals surface area (Å²) in [5.74, 6) is 1.64. The SMILES string of the molecule is CCc1nnc(NC(CC)CSC)c(C#N)c1CC. The molecular weight excluding hydrogens is 256 g/mol. The minimum absolute atomic E-state index is 0.327. The van der Waals surface area contributed by atoms with Gasteiger partial charge in [0.2, 0.25) is 0 Å². The van der Waals surface area contributed by atoms with Crippen LogP contribution in [0.4, 0.5) is 5.82 Å². The summed E-state index contributed by atoms with van der Waals surface area (Å²) in [6.45, 7) is 6.23. The summed E-state index contributed by atoms with van der Waals surface area (Å²) in [7, 11) is 0. The third-order valence-electron chi connectivity index (χ3n) is 3.16. The van der Waals surface area contributed by atoms with E-state index in [1.54, 1.807) is 11.8 Å². The topological polar surface area (TPSA) is 61.6 Å². The Morgan fingerprint density at radius 2 is 2.00 bits per heavy atom. The summed E-state index contributed by atoms with van der Waals surface area (Å²) in [5, 5.41) is 21.2. The number of nitrogens with one attached hydrogen (secondary N) is 1. The highest BCUT2D eigenvalue weighted by Gasteiger charge is 2.16. The molecule has 1 aromatic rings. The third kappa shape index (κ3) is 3.84. The largest absolute Gasteiger partial charge is 0.364 e. The molecule has 0 radical (unpaired) electrons. The summed E-state index contributed by atoms with van der Waals surface area (Å²) in [6, 6.07) is 2.62. The van der Waals surface area contributed by atoms with E-state index in [2.05, 4.69) is 41.7 Å². The number of hydrogen-bond donors (Lipinski definition) is 1. The molecule has 4 nitrogen and oxygen atoms in total. The van der Waals surface area contributed by atoms with Crippen LogP contribution < -0.4 is 5.32 Å². The van der Waals surface area contributed by atoms with Crippen LogP contribution in [0.25, 0.3) is 0 Å². The Hall–Kier alpha value is -1.28. The number of nitrogens with zero attached hydrogens (tertiary/aromatic N) is 3. The van der Waals surface area contributed by atoms with Crippen molar-refractivity contribution >= 4 is 17.6 Å². The van der Waals surface area contributed by atoms with Gasteiger partial charge < -0.3 is 5.32 Å². The van der Waals surface area contributed by atoms with E-state index in [1.165, 1.54) is 0 Å². The predicted octanol–water partition coefficient (Wildman–Crippen LogP) is 3.03. The van der Waals surface area contributed by atoms with Gasteiger partial charge in [0.1, 0.15) is 11.6 Å². The van der Waals surface area contributed by atoms with E-state index in [0.717, 1.165) is 36.3 Å². The molecule has 1 N–H and O–H groups in total. The van der Waals surface area contributed by atoms with Crippen molar-refractivity contribution in [3.05, 3.63) is 16.8 Å². The fourth-order valence-electron chi connectivity index (χ4n) is 2.05. The molecule has 0 fully saturated rings. The second kappa shape index (κ2) is 8.00. The summed E-state index contributed by atoms with van der Waals surface area (Å²) < 4.78 is 0. The van der Waals surface area contributed by atoms with Crippen molar-refractivity contribution in [2.75, 3.05) is 17.3 Å². The molecule has 0 saturated carbocycles. The van der Waals surface area contributed by atoms with Crippen molar-refractivity contribution in [1.29, 1.82) is 5.26 Å². The molecule has 0 spiro atoms. The summed E-state index contributed by atoms with van der Waals surface area (Å²) >= 11 is 1.79. The van der Waals surface area contributed by atoms with Crippen molar-refractivity contribution < 1.29 is 0 Å². The maximum Gasteiger partial charge on any atom is 0.167 e. The lowest BCUT2D eigenvalue weighted by Gasteiger charge is -2.18. The molecule has 0 aliphatic carbocycles. The average Bonchev–Trinajstić information content (AvgIpc) is 2.45. The van der Waals surface area contributed by atoms with Gasteiger partial charge in [-0.1, -0.05) is 20.8 Å². The number of aryl methyl sites for hydroxylation is 1. The van der Waals surface area contributed by atoms with Crippen LogP contribution in [0.1, 0.15) is 44.0 Å². The van der Waals surface area contributed by atoms with Crippen LogP contribution in [0.5, 0.6) is 0 Å². The van der Waals surface area contributed by atoms with E-state index >= 15 is 0 Å². The smallest absolute Gasteiger partial charge is 0.167 e. The molecule has 1 unspecified atom stereocenters. The van der Waals surface area contributed by atoms with Crippen molar-refractivity contribution in [2.45, 2.75) is 46.1 Å². The molecule has 1 aromatic heterocycles. The fourth-order valence-corrected chi connectivity index (χ4v) is 2.77. The van der Waals surface area contributed by atoms with E-state index in [4.69, 9.17) is 0 Å². The molecule has 0 saturated heterocycles. The maximum absolute atomic E-state index is 9.40. The number of rotatable bonds is 7. The molecule has 0 amide bonds. The highest BCUT2D eigenvalue weighted by atomic mass is 32.2. The Kier molecular flexibility index (Phi) is 6.65. The molecule has 1 atom stereocenters. The zero-order valence-electron chi connectivity index (χ0n) is 12.2. The minimum atomic E-state index is 0.327. The summed E-state index contributed by atoms with van der Waals surface area (Å²) in [5.41, 5.74) is 2.62. The second-order valence-electron chi connectivity index (χ2n) is 4.37. The fraction of sp³-hybridized carbons (Fsp3) is 0.643. The number of nitriles is 1. The summed E-state index contributed by atoms with van der Waals surface area (Å²) in [6.07, 6.45) is 4.71. The molecule has 19 heavy (non-hydrogen) atoms. The molecule has 1 heterocycles. The van der Waals surface area contributed by atoms with E-state index in [-0.39, 0.29) is 0 Å². The molecule has 0 bridgehead atoms. The van der Waals surface area contributed by atoms with Gasteiger partial charge in [0, 0.05) is 11.8 Å². The van der Waals surface area contributed by atoms with Crippen LogP contribution in [0.3, 0.4) is 0 Å². The van der Waals surface area contributed by atoms with Gasteiger partial charge in [0.15, 0.2) is 5.82 Å². The molecule has 104 valence electrons.